The van der Waals surface area contributed by atoms with Gasteiger partial charge in [-0.2, -0.15) is 13.2 Å². The molecule has 0 aliphatic carbocycles. The Morgan fingerprint density at radius 1 is 1.00 bits per heavy atom. The van der Waals surface area contributed by atoms with E-state index in [1.54, 1.807) is 17.0 Å². The maximum Gasteiger partial charge on any atom is 0.417 e. The van der Waals surface area contributed by atoms with Crippen molar-refractivity contribution >= 4 is 11.7 Å². The summed E-state index contributed by atoms with van der Waals surface area (Å²) < 4.78 is 50.7. The third-order valence-electron chi connectivity index (χ3n) is 4.30. The minimum atomic E-state index is -4.41. The summed E-state index contributed by atoms with van der Waals surface area (Å²) >= 11 is 0. The molecule has 1 amide bonds. The van der Waals surface area contributed by atoms with Crippen LogP contribution >= 0.6 is 0 Å². The second-order valence-corrected chi connectivity index (χ2v) is 6.07. The summed E-state index contributed by atoms with van der Waals surface area (Å²) in [4.78, 5) is 19.8. The van der Waals surface area contributed by atoms with E-state index >= 15 is 0 Å². The van der Waals surface area contributed by atoms with Crippen LogP contribution in [0.5, 0.6) is 0 Å². The predicted octanol–water partition coefficient (Wildman–Crippen LogP) is 3.13. The Morgan fingerprint density at radius 2 is 1.65 bits per heavy atom. The molecule has 1 saturated heterocycles. The fourth-order valence-corrected chi connectivity index (χ4v) is 2.81. The summed E-state index contributed by atoms with van der Waals surface area (Å²) in [7, 11) is 0. The van der Waals surface area contributed by atoms with Crippen molar-refractivity contribution < 1.29 is 22.4 Å². The summed E-state index contributed by atoms with van der Waals surface area (Å²) in [5.41, 5.74) is -0.0439. The molecule has 26 heavy (non-hydrogen) atoms. The molecule has 138 valence electrons. The largest absolute Gasteiger partial charge is 0.417 e. The zero-order valence-corrected chi connectivity index (χ0v) is 13.8. The lowest BCUT2D eigenvalue weighted by Gasteiger charge is -2.35. The van der Waals surface area contributed by atoms with Crippen molar-refractivity contribution in [3.63, 3.8) is 0 Å². The van der Waals surface area contributed by atoms with Gasteiger partial charge in [-0.3, -0.25) is 4.79 Å². The molecule has 0 N–H and O–H groups in total. The van der Waals surface area contributed by atoms with Gasteiger partial charge in [0, 0.05) is 32.4 Å². The molecular weight excluding hydrogens is 350 g/mol. The first-order valence-electron chi connectivity index (χ1n) is 8.13. The van der Waals surface area contributed by atoms with E-state index in [2.05, 4.69) is 4.98 Å². The van der Waals surface area contributed by atoms with Gasteiger partial charge in [-0.05, 0) is 29.8 Å². The average molecular weight is 367 g/mol. The maximum absolute atomic E-state index is 12.9. The number of alkyl halides is 3. The number of benzene rings is 1. The minimum Gasteiger partial charge on any atom is -0.353 e. The zero-order valence-electron chi connectivity index (χ0n) is 13.8. The highest BCUT2D eigenvalue weighted by Crippen LogP contribution is 2.29. The number of hydrogen-bond acceptors (Lipinski definition) is 3. The Morgan fingerprint density at radius 3 is 2.19 bits per heavy atom. The second-order valence-electron chi connectivity index (χ2n) is 6.07. The van der Waals surface area contributed by atoms with Gasteiger partial charge in [0.05, 0.1) is 12.0 Å². The quantitative estimate of drug-likeness (QED) is 0.782. The highest BCUT2D eigenvalue weighted by molar-refractivity contribution is 5.79. The Kier molecular flexibility index (Phi) is 5.11. The zero-order chi connectivity index (χ0) is 18.7. The van der Waals surface area contributed by atoms with Gasteiger partial charge in [-0.25, -0.2) is 9.37 Å². The van der Waals surface area contributed by atoms with Gasteiger partial charge < -0.3 is 9.80 Å². The number of anilines is 1. The number of nitrogens with zero attached hydrogens (tertiary/aromatic N) is 3. The lowest BCUT2D eigenvalue weighted by molar-refractivity contribution is -0.137. The summed E-state index contributed by atoms with van der Waals surface area (Å²) in [5, 5.41) is 0. The van der Waals surface area contributed by atoms with E-state index in [0.29, 0.717) is 32.0 Å². The number of pyridine rings is 1. The fourth-order valence-electron chi connectivity index (χ4n) is 2.81. The van der Waals surface area contributed by atoms with Gasteiger partial charge in [0.1, 0.15) is 11.6 Å². The minimum absolute atomic E-state index is 0.0587. The first-order valence-corrected chi connectivity index (χ1v) is 8.13. The van der Waals surface area contributed by atoms with Gasteiger partial charge in [-0.1, -0.05) is 12.1 Å². The van der Waals surface area contributed by atoms with Crippen LogP contribution in [0.3, 0.4) is 0 Å². The number of halogens is 4. The molecule has 3 rings (SSSR count). The number of hydrogen-bond donors (Lipinski definition) is 0. The molecule has 1 aromatic carbocycles. The van der Waals surface area contributed by atoms with Crippen LogP contribution in [0.2, 0.25) is 0 Å². The van der Waals surface area contributed by atoms with Crippen molar-refractivity contribution in [2.24, 2.45) is 0 Å². The van der Waals surface area contributed by atoms with E-state index in [1.807, 2.05) is 4.90 Å². The van der Waals surface area contributed by atoms with Crippen molar-refractivity contribution in [1.29, 1.82) is 0 Å². The maximum atomic E-state index is 12.9. The van der Waals surface area contributed by atoms with E-state index in [9.17, 15) is 22.4 Å². The van der Waals surface area contributed by atoms with Crippen LogP contribution in [0.15, 0.2) is 42.6 Å². The highest BCUT2D eigenvalue weighted by Gasteiger charge is 2.31. The van der Waals surface area contributed by atoms with Crippen molar-refractivity contribution in [1.82, 2.24) is 9.88 Å². The van der Waals surface area contributed by atoms with Crippen molar-refractivity contribution in [2.75, 3.05) is 31.1 Å². The third-order valence-corrected chi connectivity index (χ3v) is 4.30. The standard InChI is InChI=1S/C18H17F4N3O/c19-15-4-1-13(2-5-15)11-17(26)25-9-7-24(8-10-25)16-6-3-14(12-23-16)18(20,21)22/h1-6,12H,7-11H2. The predicted molar refractivity (Wildman–Crippen MR) is 88.1 cm³/mol. The van der Waals surface area contributed by atoms with Crippen molar-refractivity contribution in [3.05, 3.63) is 59.5 Å². The Balaban J connectivity index is 1.55. The molecule has 1 aliphatic rings. The highest BCUT2D eigenvalue weighted by atomic mass is 19.4. The van der Waals surface area contributed by atoms with Crippen LogP contribution in [0.1, 0.15) is 11.1 Å². The molecule has 0 spiro atoms. The van der Waals surface area contributed by atoms with E-state index in [-0.39, 0.29) is 18.1 Å². The number of carbonyl (C=O) groups is 1. The Bertz CT molecular complexity index is 752. The molecular formula is C18H17F4N3O. The molecule has 0 bridgehead atoms. The normalized spacial score (nSPS) is 15.2. The molecule has 1 aromatic heterocycles. The van der Waals surface area contributed by atoms with Gasteiger partial charge in [0.15, 0.2) is 0 Å². The molecule has 2 aromatic rings. The Labute approximate surface area is 148 Å². The number of carbonyl (C=O) groups excluding carboxylic acids is 1. The summed E-state index contributed by atoms with van der Waals surface area (Å²) in [6.07, 6.45) is -3.39. The topological polar surface area (TPSA) is 36.4 Å². The van der Waals surface area contributed by atoms with E-state index < -0.39 is 11.7 Å². The summed E-state index contributed by atoms with van der Waals surface area (Å²) in [5.74, 6) is 0.0547. The van der Waals surface area contributed by atoms with Gasteiger partial charge in [-0.15, -0.1) is 0 Å². The average Bonchev–Trinajstić information content (AvgIpc) is 2.63. The van der Waals surface area contributed by atoms with E-state index in [1.165, 1.54) is 18.2 Å². The monoisotopic (exact) mass is 367 g/mol. The number of rotatable bonds is 3. The first-order chi connectivity index (χ1) is 12.3. The van der Waals surface area contributed by atoms with E-state index in [0.717, 1.165) is 17.8 Å². The van der Waals surface area contributed by atoms with Crippen LogP contribution in [0.4, 0.5) is 23.4 Å². The Hall–Kier alpha value is -2.64. The van der Waals surface area contributed by atoms with Crippen LogP contribution in [-0.2, 0) is 17.4 Å². The molecule has 0 unspecified atom stereocenters. The molecule has 0 saturated carbocycles. The molecule has 4 nitrogen and oxygen atoms in total. The molecule has 0 radical (unpaired) electrons. The van der Waals surface area contributed by atoms with Gasteiger partial charge in [0.2, 0.25) is 5.91 Å². The van der Waals surface area contributed by atoms with Crippen LogP contribution in [0, 0.1) is 5.82 Å². The van der Waals surface area contributed by atoms with E-state index in [4.69, 9.17) is 0 Å². The van der Waals surface area contributed by atoms with Crippen molar-refractivity contribution in [3.8, 4) is 0 Å². The van der Waals surface area contributed by atoms with Crippen molar-refractivity contribution in [2.45, 2.75) is 12.6 Å². The fraction of sp³-hybridized carbons (Fsp3) is 0.333. The van der Waals surface area contributed by atoms with Crippen LogP contribution < -0.4 is 4.90 Å². The summed E-state index contributed by atoms with van der Waals surface area (Å²) in [6, 6.07) is 8.14. The van der Waals surface area contributed by atoms with Crippen LogP contribution in [0.25, 0.3) is 0 Å². The molecule has 1 fully saturated rings. The molecule has 1 aliphatic heterocycles. The van der Waals surface area contributed by atoms with Gasteiger partial charge >= 0.3 is 6.18 Å². The second kappa shape index (κ2) is 7.31. The number of amides is 1. The number of aromatic nitrogens is 1. The third kappa shape index (κ3) is 4.30. The molecule has 0 atom stereocenters. The SMILES string of the molecule is O=C(Cc1ccc(F)cc1)N1CCN(c2ccc(C(F)(F)F)cn2)CC1. The molecule has 2 heterocycles. The number of piperazine rings is 1. The lowest BCUT2D eigenvalue weighted by atomic mass is 10.1. The lowest BCUT2D eigenvalue weighted by Crippen LogP contribution is -2.49. The first kappa shape index (κ1) is 18.2. The summed E-state index contributed by atoms with van der Waals surface area (Å²) in [6.45, 7) is 1.91. The van der Waals surface area contributed by atoms with Gasteiger partial charge in [0.25, 0.3) is 0 Å². The van der Waals surface area contributed by atoms with Crippen LogP contribution in [-0.4, -0.2) is 42.0 Å². The smallest absolute Gasteiger partial charge is 0.353 e. The molecule has 8 heteroatoms.